The largest absolute Gasteiger partial charge is 0.480 e. The number of H-pyrrole nitrogens is 1. The molecule has 168 valence electrons. The maximum Gasteiger partial charge on any atom is 0.326 e. The molecule has 8 heteroatoms. The number of benzene rings is 1. The van der Waals surface area contributed by atoms with Gasteiger partial charge in [-0.25, -0.2) is 4.79 Å². The molecule has 2 amide bonds. The van der Waals surface area contributed by atoms with E-state index >= 15 is 0 Å². The van der Waals surface area contributed by atoms with Crippen LogP contribution in [0, 0.1) is 5.92 Å². The topological polar surface area (TPSA) is 111 Å². The number of carboxylic acid groups (broad SMARTS) is 1. The predicted octanol–water partition coefficient (Wildman–Crippen LogP) is 3.05. The molecule has 0 spiro atoms. The highest BCUT2D eigenvalue weighted by Gasteiger charge is 2.44. The van der Waals surface area contributed by atoms with E-state index in [1.165, 1.54) is 0 Å². The normalized spacial score (nSPS) is 17.4. The molecular weight excluding hydrogens is 414 g/mol. The van der Waals surface area contributed by atoms with E-state index in [1.54, 1.807) is 6.20 Å². The highest BCUT2D eigenvalue weighted by molar-refractivity contribution is 7.81. The van der Waals surface area contributed by atoms with Gasteiger partial charge in [-0.05, 0) is 36.8 Å². The first kappa shape index (κ1) is 23.2. The van der Waals surface area contributed by atoms with Gasteiger partial charge in [0.15, 0.2) is 0 Å². The number of carboxylic acids is 1. The molecule has 4 N–H and O–H groups in total. The number of aromatic amines is 1. The Morgan fingerprint density at radius 3 is 2.52 bits per heavy atom. The van der Waals surface area contributed by atoms with Crippen molar-refractivity contribution in [1.29, 1.82) is 0 Å². The molecule has 2 aromatic rings. The lowest BCUT2D eigenvalue weighted by Gasteiger charge is -2.31. The summed E-state index contributed by atoms with van der Waals surface area (Å²) in [7, 11) is 0. The van der Waals surface area contributed by atoms with Crippen molar-refractivity contribution in [3.8, 4) is 0 Å². The Bertz CT molecular complexity index is 949. The fourth-order valence-electron chi connectivity index (χ4n) is 4.28. The fraction of sp³-hybridized carbons (Fsp3) is 0.522. The van der Waals surface area contributed by atoms with Gasteiger partial charge in [0.2, 0.25) is 11.8 Å². The van der Waals surface area contributed by atoms with E-state index < -0.39 is 28.7 Å². The second-order valence-corrected chi connectivity index (χ2v) is 9.48. The summed E-state index contributed by atoms with van der Waals surface area (Å²) < 4.78 is 0. The number of nitrogens with one attached hydrogen (secondary N) is 3. The molecule has 1 aromatic carbocycles. The third-order valence-corrected chi connectivity index (χ3v) is 6.40. The van der Waals surface area contributed by atoms with Gasteiger partial charge in [-0.15, -0.1) is 0 Å². The minimum atomic E-state index is -1.11. The molecule has 1 fully saturated rings. The highest BCUT2D eigenvalue weighted by atomic mass is 32.1. The number of carbonyl (C=O) groups is 3. The average molecular weight is 446 g/mol. The molecule has 1 heterocycles. The fourth-order valence-corrected chi connectivity index (χ4v) is 4.76. The molecule has 0 radical (unpaired) electrons. The number of para-hydroxylation sites is 1. The summed E-state index contributed by atoms with van der Waals surface area (Å²) in [6.45, 7) is 4.02. The van der Waals surface area contributed by atoms with Crippen molar-refractivity contribution in [3.63, 3.8) is 0 Å². The van der Waals surface area contributed by atoms with Crippen LogP contribution in [0.4, 0.5) is 0 Å². The number of rotatable bonds is 9. The summed E-state index contributed by atoms with van der Waals surface area (Å²) >= 11 is 4.40. The summed E-state index contributed by atoms with van der Waals surface area (Å²) in [5.41, 5.74) is 0.654. The summed E-state index contributed by atoms with van der Waals surface area (Å²) in [6.07, 6.45) is 5.11. The molecule has 1 aliphatic carbocycles. The van der Waals surface area contributed by atoms with E-state index in [0.717, 1.165) is 29.3 Å². The first-order valence-corrected chi connectivity index (χ1v) is 11.3. The van der Waals surface area contributed by atoms with E-state index in [9.17, 15) is 19.5 Å². The number of thiol groups is 1. The number of fused-ring (bicyclic) bond motifs is 1. The first-order chi connectivity index (χ1) is 14.7. The van der Waals surface area contributed by atoms with Gasteiger partial charge in [0.25, 0.3) is 0 Å². The minimum Gasteiger partial charge on any atom is -0.480 e. The second kappa shape index (κ2) is 9.77. The van der Waals surface area contributed by atoms with Crippen LogP contribution < -0.4 is 10.6 Å². The summed E-state index contributed by atoms with van der Waals surface area (Å²) in [5, 5.41) is 15.8. The van der Waals surface area contributed by atoms with Crippen LogP contribution in [0.1, 0.15) is 51.5 Å². The molecule has 7 nitrogen and oxygen atoms in total. The Labute approximate surface area is 187 Å². The number of aliphatic carboxylic acids is 1. The van der Waals surface area contributed by atoms with Crippen molar-refractivity contribution < 1.29 is 19.5 Å². The van der Waals surface area contributed by atoms with E-state index in [2.05, 4.69) is 28.2 Å². The number of hydrogen-bond donors (Lipinski definition) is 5. The monoisotopic (exact) mass is 445 g/mol. The van der Waals surface area contributed by atoms with Gasteiger partial charge in [-0.3, -0.25) is 9.59 Å². The van der Waals surface area contributed by atoms with Crippen molar-refractivity contribution >= 4 is 41.3 Å². The van der Waals surface area contributed by atoms with Gasteiger partial charge < -0.3 is 20.7 Å². The van der Waals surface area contributed by atoms with Gasteiger partial charge in [-0.2, -0.15) is 12.6 Å². The smallest absolute Gasteiger partial charge is 0.326 e. The van der Waals surface area contributed by atoms with Crippen LogP contribution in [0.5, 0.6) is 0 Å². The Morgan fingerprint density at radius 1 is 1.19 bits per heavy atom. The molecule has 2 atom stereocenters. The third kappa shape index (κ3) is 5.42. The Kier molecular flexibility index (Phi) is 7.30. The standard InChI is InChI=1S/C23H31N3O4S/c1-14(2)11-19(31)20(27)26-23(9-5-6-10-23)22(30)25-18(21(28)29)12-15-13-24-17-8-4-3-7-16(15)17/h3-4,7-8,13-14,18-19,24,31H,5-6,9-12H2,1-2H3,(H,25,30)(H,26,27)(H,28,29). The average Bonchev–Trinajstić information content (AvgIpc) is 3.35. The first-order valence-electron chi connectivity index (χ1n) is 10.8. The third-order valence-electron chi connectivity index (χ3n) is 5.95. The van der Waals surface area contributed by atoms with Gasteiger partial charge in [0, 0.05) is 23.5 Å². The van der Waals surface area contributed by atoms with Crippen LogP contribution in [-0.4, -0.2) is 44.7 Å². The van der Waals surface area contributed by atoms with Gasteiger partial charge in [0.05, 0.1) is 5.25 Å². The summed E-state index contributed by atoms with van der Waals surface area (Å²) in [4.78, 5) is 41.0. The van der Waals surface area contributed by atoms with Crippen molar-refractivity contribution in [2.45, 2.75) is 69.2 Å². The van der Waals surface area contributed by atoms with Crippen molar-refractivity contribution in [2.75, 3.05) is 0 Å². The van der Waals surface area contributed by atoms with E-state index in [-0.39, 0.29) is 12.3 Å². The van der Waals surface area contributed by atoms with Crippen molar-refractivity contribution in [3.05, 3.63) is 36.0 Å². The van der Waals surface area contributed by atoms with Crippen LogP contribution >= 0.6 is 12.6 Å². The quantitative estimate of drug-likeness (QED) is 0.382. The summed E-state index contributed by atoms with van der Waals surface area (Å²) in [5.74, 6) is -1.52. The van der Waals surface area contributed by atoms with Crippen LogP contribution in [-0.2, 0) is 20.8 Å². The number of aromatic nitrogens is 1. The molecule has 0 bridgehead atoms. The van der Waals surface area contributed by atoms with E-state index in [1.807, 2.05) is 38.1 Å². The van der Waals surface area contributed by atoms with Gasteiger partial charge in [-0.1, -0.05) is 44.9 Å². The van der Waals surface area contributed by atoms with Crippen molar-refractivity contribution in [1.82, 2.24) is 15.6 Å². The SMILES string of the molecule is CC(C)CC(S)C(=O)NC1(C(=O)NC(Cc2c[nH]c3ccccc23)C(=O)O)CCCC1. The molecule has 31 heavy (non-hydrogen) atoms. The molecule has 3 rings (SSSR count). The zero-order valence-electron chi connectivity index (χ0n) is 18.0. The van der Waals surface area contributed by atoms with Crippen molar-refractivity contribution in [2.24, 2.45) is 5.92 Å². The Hall–Kier alpha value is -2.48. The van der Waals surface area contributed by atoms with Crippen LogP contribution in [0.25, 0.3) is 10.9 Å². The predicted molar refractivity (Wildman–Crippen MR) is 123 cm³/mol. The van der Waals surface area contributed by atoms with Gasteiger partial charge >= 0.3 is 5.97 Å². The highest BCUT2D eigenvalue weighted by Crippen LogP contribution is 2.31. The Balaban J connectivity index is 1.74. The molecule has 1 aromatic heterocycles. The number of carbonyl (C=O) groups excluding carboxylic acids is 2. The van der Waals surface area contributed by atoms with E-state index in [4.69, 9.17) is 0 Å². The maximum atomic E-state index is 13.2. The molecule has 1 saturated carbocycles. The Morgan fingerprint density at radius 2 is 1.87 bits per heavy atom. The minimum absolute atomic E-state index is 0.150. The molecule has 0 saturated heterocycles. The van der Waals surface area contributed by atoms with E-state index in [0.29, 0.717) is 25.2 Å². The molecule has 2 unspecified atom stereocenters. The zero-order chi connectivity index (χ0) is 22.6. The molecule has 1 aliphatic rings. The zero-order valence-corrected chi connectivity index (χ0v) is 18.9. The second-order valence-electron chi connectivity index (χ2n) is 8.85. The summed E-state index contributed by atoms with van der Waals surface area (Å²) in [6, 6.07) is 6.54. The molecule has 0 aliphatic heterocycles. The van der Waals surface area contributed by atoms with Crippen LogP contribution in [0.3, 0.4) is 0 Å². The maximum absolute atomic E-state index is 13.2. The number of hydrogen-bond acceptors (Lipinski definition) is 4. The molecular formula is C23H31N3O4S. The lowest BCUT2D eigenvalue weighted by Crippen LogP contribution is -2.61. The lowest BCUT2D eigenvalue weighted by molar-refractivity contribution is -0.143. The number of amides is 2. The van der Waals surface area contributed by atoms with Crippen LogP contribution in [0.2, 0.25) is 0 Å². The lowest BCUT2D eigenvalue weighted by atomic mass is 9.94. The van der Waals surface area contributed by atoms with Gasteiger partial charge in [0.1, 0.15) is 11.6 Å². The van der Waals surface area contributed by atoms with Crippen LogP contribution in [0.15, 0.2) is 30.5 Å².